The zero-order valence-corrected chi connectivity index (χ0v) is 20.0. The van der Waals surface area contributed by atoms with Gasteiger partial charge in [-0.05, 0) is 80.2 Å². The highest BCUT2D eigenvalue weighted by atomic mass is 16.2. The quantitative estimate of drug-likeness (QED) is 0.625. The van der Waals surface area contributed by atoms with Crippen LogP contribution in [0.4, 0.5) is 0 Å². The number of amides is 1. The van der Waals surface area contributed by atoms with Crippen LogP contribution in [0, 0.1) is 0 Å². The van der Waals surface area contributed by atoms with E-state index in [0.29, 0.717) is 12.6 Å². The number of aryl methyl sites for hydroxylation is 1. The second-order valence-corrected chi connectivity index (χ2v) is 10.2. The number of hydrogen-bond acceptors (Lipinski definition) is 3. The average molecular weight is 459 g/mol. The Labute approximate surface area is 200 Å². The zero-order chi connectivity index (χ0) is 23.2. The fraction of sp³-hybridized carbons (Fsp3) is 0.500. The minimum Gasteiger partial charge on any atom is -0.355 e. The van der Waals surface area contributed by atoms with Crippen LogP contribution in [0.5, 0.6) is 0 Å². The number of likely N-dealkylation sites (N-methyl/N-ethyl adjacent to an activating group) is 1. The number of piperidine rings is 1. The van der Waals surface area contributed by atoms with Crippen LogP contribution in [0.1, 0.15) is 73.7 Å². The molecule has 6 rings (SSSR count). The summed E-state index contributed by atoms with van der Waals surface area (Å²) in [4.78, 5) is 28.4. The summed E-state index contributed by atoms with van der Waals surface area (Å²) in [6.07, 6.45) is 7.04. The number of nitrogens with zero attached hydrogens (tertiary/aromatic N) is 3. The molecule has 0 spiro atoms. The first kappa shape index (κ1) is 21.7. The number of likely N-dealkylation sites (tertiary alicyclic amines) is 1. The molecule has 1 fully saturated rings. The summed E-state index contributed by atoms with van der Waals surface area (Å²) in [5.74, 6) is 0.655. The second-order valence-electron chi connectivity index (χ2n) is 10.2. The topological polar surface area (TPSA) is 59.3 Å². The van der Waals surface area contributed by atoms with Gasteiger partial charge in [-0.3, -0.25) is 18.8 Å². The molecule has 0 radical (unpaired) electrons. The van der Waals surface area contributed by atoms with Crippen LogP contribution in [-0.2, 0) is 17.8 Å². The first-order valence-corrected chi connectivity index (χ1v) is 13.0. The van der Waals surface area contributed by atoms with Gasteiger partial charge >= 0.3 is 5.69 Å². The molecule has 1 saturated heterocycles. The van der Waals surface area contributed by atoms with E-state index in [1.54, 1.807) is 21.3 Å². The molecule has 3 aromatic rings. The number of fused-ring (bicyclic) bond motifs is 1. The van der Waals surface area contributed by atoms with Crippen molar-refractivity contribution in [2.45, 2.75) is 70.0 Å². The molecule has 1 amide bonds. The maximum absolute atomic E-state index is 13.5. The molecule has 1 N–H and O–H groups in total. The Kier molecular flexibility index (Phi) is 5.56. The minimum absolute atomic E-state index is 0.0627. The average Bonchev–Trinajstić information content (AvgIpc) is 3.40. The Morgan fingerprint density at radius 1 is 0.971 bits per heavy atom. The maximum Gasteiger partial charge on any atom is 0.329 e. The molecule has 34 heavy (non-hydrogen) atoms. The number of hydrogen-bond donors (Lipinski definition) is 1. The lowest BCUT2D eigenvalue weighted by Gasteiger charge is -2.41. The number of carbonyl (C=O) groups is 1. The van der Waals surface area contributed by atoms with Crippen molar-refractivity contribution >= 4 is 16.9 Å². The number of imidazole rings is 1. The van der Waals surface area contributed by atoms with Gasteiger partial charge in [0.2, 0.25) is 5.91 Å². The lowest BCUT2D eigenvalue weighted by atomic mass is 9.80. The van der Waals surface area contributed by atoms with Crippen molar-refractivity contribution in [1.82, 2.24) is 19.4 Å². The summed E-state index contributed by atoms with van der Waals surface area (Å²) in [6, 6.07) is 15.5. The van der Waals surface area contributed by atoms with Crippen molar-refractivity contribution in [2.75, 3.05) is 19.6 Å². The molecule has 0 saturated carbocycles. The van der Waals surface area contributed by atoms with Crippen LogP contribution in [0.2, 0.25) is 0 Å². The molecule has 2 atom stereocenters. The number of aromatic nitrogens is 2. The van der Waals surface area contributed by atoms with Crippen LogP contribution >= 0.6 is 0 Å². The maximum atomic E-state index is 13.5. The first-order chi connectivity index (χ1) is 16.7. The first-order valence-electron chi connectivity index (χ1n) is 13.0. The summed E-state index contributed by atoms with van der Waals surface area (Å²) in [5.41, 5.74) is 6.53. The van der Waals surface area contributed by atoms with Gasteiger partial charge in [0.05, 0.1) is 11.0 Å². The van der Waals surface area contributed by atoms with Crippen LogP contribution < -0.4 is 11.0 Å². The van der Waals surface area contributed by atoms with Gasteiger partial charge in [0, 0.05) is 31.7 Å². The number of rotatable bonds is 5. The summed E-state index contributed by atoms with van der Waals surface area (Å²) >= 11 is 0. The smallest absolute Gasteiger partial charge is 0.329 e. The Hall–Kier alpha value is -2.86. The number of para-hydroxylation sites is 2. The van der Waals surface area contributed by atoms with Gasteiger partial charge in [0.25, 0.3) is 0 Å². The standard InChI is InChI=1S/C28H34N4O2/c1-2-29-26(33)18-31-24-8-3-4-9-25(24)32(28(31)34)21-14-16-30(17-15-21)23-13-12-20-11-10-19-6-5-7-22(23)27(19)20/h3-9,20-21,23H,2,10-18H2,1H3,(H,29,33). The Morgan fingerprint density at radius 3 is 2.56 bits per heavy atom. The summed E-state index contributed by atoms with van der Waals surface area (Å²) in [6.45, 7) is 4.55. The number of nitrogens with one attached hydrogen (secondary N) is 1. The lowest BCUT2D eigenvalue weighted by molar-refractivity contribution is -0.121. The monoisotopic (exact) mass is 458 g/mol. The Balaban J connectivity index is 1.25. The van der Waals surface area contributed by atoms with E-state index in [1.165, 1.54) is 25.7 Å². The minimum atomic E-state index is -0.117. The highest BCUT2D eigenvalue weighted by molar-refractivity contribution is 5.81. The van der Waals surface area contributed by atoms with Gasteiger partial charge in [0.1, 0.15) is 6.54 Å². The molecule has 6 nitrogen and oxygen atoms in total. The fourth-order valence-corrected chi connectivity index (χ4v) is 6.89. The molecular formula is C28H34N4O2. The third-order valence-electron chi connectivity index (χ3n) is 8.40. The van der Waals surface area contributed by atoms with Crippen molar-refractivity contribution < 1.29 is 4.79 Å². The van der Waals surface area contributed by atoms with Crippen LogP contribution in [0.15, 0.2) is 47.3 Å². The molecule has 6 heteroatoms. The van der Waals surface area contributed by atoms with E-state index in [0.717, 1.165) is 42.9 Å². The van der Waals surface area contributed by atoms with Gasteiger partial charge in [0.15, 0.2) is 0 Å². The van der Waals surface area contributed by atoms with Gasteiger partial charge in [-0.15, -0.1) is 0 Å². The van der Waals surface area contributed by atoms with Crippen molar-refractivity contribution in [3.05, 3.63) is 69.6 Å². The van der Waals surface area contributed by atoms with Gasteiger partial charge in [-0.25, -0.2) is 4.79 Å². The fourth-order valence-electron chi connectivity index (χ4n) is 6.89. The molecule has 178 valence electrons. The second kappa shape index (κ2) is 8.73. The highest BCUT2D eigenvalue weighted by Crippen LogP contribution is 2.48. The Morgan fingerprint density at radius 2 is 1.76 bits per heavy atom. The van der Waals surface area contributed by atoms with E-state index in [4.69, 9.17) is 0 Å². The molecule has 3 aliphatic rings. The molecule has 2 heterocycles. The van der Waals surface area contributed by atoms with Crippen molar-refractivity contribution in [3.63, 3.8) is 0 Å². The molecule has 2 unspecified atom stereocenters. The van der Waals surface area contributed by atoms with E-state index >= 15 is 0 Å². The van der Waals surface area contributed by atoms with Crippen LogP contribution in [-0.4, -0.2) is 39.6 Å². The van der Waals surface area contributed by atoms with Crippen LogP contribution in [0.3, 0.4) is 0 Å². The lowest BCUT2D eigenvalue weighted by Crippen LogP contribution is -2.41. The van der Waals surface area contributed by atoms with E-state index < -0.39 is 0 Å². The molecule has 1 aromatic heterocycles. The van der Waals surface area contributed by atoms with Crippen molar-refractivity contribution in [2.24, 2.45) is 0 Å². The van der Waals surface area contributed by atoms with Gasteiger partial charge < -0.3 is 5.32 Å². The van der Waals surface area contributed by atoms with Crippen molar-refractivity contribution in [1.29, 1.82) is 0 Å². The Bertz CT molecular complexity index is 1280. The SMILES string of the molecule is CCNC(=O)Cn1c(=O)n(C2CCN(C3CCC4CCc5cccc3c54)CC2)c2ccccc21. The molecule has 1 aliphatic heterocycles. The van der Waals surface area contributed by atoms with Crippen molar-refractivity contribution in [3.8, 4) is 0 Å². The highest BCUT2D eigenvalue weighted by Gasteiger charge is 2.36. The summed E-state index contributed by atoms with van der Waals surface area (Å²) in [5, 5.41) is 2.82. The molecular weight excluding hydrogens is 424 g/mol. The van der Waals surface area contributed by atoms with E-state index in [1.807, 2.05) is 35.8 Å². The third kappa shape index (κ3) is 3.50. The summed E-state index contributed by atoms with van der Waals surface area (Å²) < 4.78 is 3.60. The van der Waals surface area contributed by atoms with Gasteiger partial charge in [-0.2, -0.15) is 0 Å². The van der Waals surface area contributed by atoms with E-state index in [9.17, 15) is 9.59 Å². The van der Waals surface area contributed by atoms with E-state index in [2.05, 4.69) is 28.4 Å². The van der Waals surface area contributed by atoms with Crippen LogP contribution in [0.25, 0.3) is 11.0 Å². The molecule has 0 bridgehead atoms. The normalized spacial score (nSPS) is 22.7. The zero-order valence-electron chi connectivity index (χ0n) is 20.0. The molecule has 2 aliphatic carbocycles. The van der Waals surface area contributed by atoms with E-state index in [-0.39, 0.29) is 24.2 Å². The largest absolute Gasteiger partial charge is 0.355 e. The number of benzene rings is 2. The summed E-state index contributed by atoms with van der Waals surface area (Å²) in [7, 11) is 0. The molecule has 2 aromatic carbocycles. The number of carbonyl (C=O) groups excluding carboxylic acids is 1. The third-order valence-corrected chi connectivity index (χ3v) is 8.40. The van der Waals surface area contributed by atoms with Gasteiger partial charge in [-0.1, -0.05) is 30.3 Å². The predicted molar refractivity (Wildman–Crippen MR) is 134 cm³/mol. The predicted octanol–water partition coefficient (Wildman–Crippen LogP) is 4.14.